The molecule has 2 aromatic carbocycles. The van der Waals surface area contributed by atoms with Crippen LogP contribution in [0.3, 0.4) is 0 Å². The van der Waals surface area contributed by atoms with Gasteiger partial charge in [-0.05, 0) is 50.2 Å². The first kappa shape index (κ1) is 20.4. The second kappa shape index (κ2) is 8.08. The van der Waals surface area contributed by atoms with Crippen LogP contribution in [0, 0.1) is 19.7 Å². The number of halogens is 2. The Bertz CT molecular complexity index is 1350. The molecule has 0 saturated heterocycles. The predicted molar refractivity (Wildman–Crippen MR) is 118 cm³/mol. The molecule has 0 radical (unpaired) electrons. The Kier molecular flexibility index (Phi) is 5.49. The first-order chi connectivity index (χ1) is 14.3. The number of fused-ring (bicyclic) bond motifs is 1. The van der Waals surface area contributed by atoms with Gasteiger partial charge in [0.05, 0.1) is 27.4 Å². The van der Waals surface area contributed by atoms with E-state index in [0.717, 1.165) is 23.1 Å². The van der Waals surface area contributed by atoms with Crippen LogP contribution in [0.1, 0.15) is 21.7 Å². The summed E-state index contributed by atoms with van der Waals surface area (Å²) in [5.41, 5.74) is 2.91. The second-order valence-electron chi connectivity index (χ2n) is 6.85. The molecule has 2 aromatic heterocycles. The number of hydrogen-bond donors (Lipinski definition) is 1. The third-order valence-electron chi connectivity index (χ3n) is 4.69. The van der Waals surface area contributed by atoms with E-state index in [1.54, 1.807) is 30.3 Å². The fourth-order valence-electron chi connectivity index (χ4n) is 3.28. The van der Waals surface area contributed by atoms with Crippen molar-refractivity contribution in [1.82, 2.24) is 14.5 Å². The van der Waals surface area contributed by atoms with E-state index in [-0.39, 0.29) is 22.1 Å². The number of thioether (sulfide) groups is 1. The Hall–Kier alpha value is -2.90. The molecule has 0 aliphatic heterocycles. The quantitative estimate of drug-likeness (QED) is 0.266. The summed E-state index contributed by atoms with van der Waals surface area (Å²) in [7, 11) is 0. The predicted octanol–water partition coefficient (Wildman–Crippen LogP) is 5.10. The van der Waals surface area contributed by atoms with Crippen molar-refractivity contribution in [1.29, 1.82) is 0 Å². The van der Waals surface area contributed by atoms with E-state index in [1.807, 2.05) is 13.8 Å². The minimum Gasteiger partial charge on any atom is -0.362 e. The van der Waals surface area contributed by atoms with Gasteiger partial charge in [0.2, 0.25) is 0 Å². The molecular formula is C22H17ClFN3O2S. The number of carbonyl (C=O) groups is 1. The van der Waals surface area contributed by atoms with Gasteiger partial charge in [-0.25, -0.2) is 9.37 Å². The fourth-order valence-corrected chi connectivity index (χ4v) is 4.35. The van der Waals surface area contributed by atoms with Gasteiger partial charge in [0, 0.05) is 17.0 Å². The summed E-state index contributed by atoms with van der Waals surface area (Å²) in [5.74, 6) is -0.560. The van der Waals surface area contributed by atoms with Crippen LogP contribution < -0.4 is 5.56 Å². The van der Waals surface area contributed by atoms with E-state index in [4.69, 9.17) is 11.6 Å². The maximum absolute atomic E-state index is 13.7. The maximum Gasteiger partial charge on any atom is 0.266 e. The molecule has 0 fully saturated rings. The number of hydrogen-bond acceptors (Lipinski definition) is 4. The third kappa shape index (κ3) is 3.78. The maximum atomic E-state index is 13.7. The zero-order valence-corrected chi connectivity index (χ0v) is 17.8. The summed E-state index contributed by atoms with van der Waals surface area (Å²) in [6, 6.07) is 12.8. The van der Waals surface area contributed by atoms with Crippen molar-refractivity contribution in [3.8, 4) is 5.69 Å². The number of aryl methyl sites for hydroxylation is 2. The standard InChI is InChI=1S/C22H17ClFN3O2S/c1-12-9-16(13(2)25-12)20(28)11-30-22-26-19-6-4-3-5-15(19)21(29)27(22)14-7-8-18(24)17(23)10-14/h3-10,25H,11H2,1-2H3. The van der Waals surface area contributed by atoms with Crippen molar-refractivity contribution in [2.24, 2.45) is 0 Å². The highest BCUT2D eigenvalue weighted by molar-refractivity contribution is 7.99. The molecule has 152 valence electrons. The number of benzene rings is 2. The SMILES string of the molecule is Cc1cc(C(=O)CSc2nc3ccccc3c(=O)n2-c2ccc(F)c(Cl)c2)c(C)[nH]1. The molecule has 1 N–H and O–H groups in total. The van der Waals surface area contributed by atoms with Crippen molar-refractivity contribution in [2.75, 3.05) is 5.75 Å². The van der Waals surface area contributed by atoms with Gasteiger partial charge >= 0.3 is 0 Å². The number of rotatable bonds is 5. The highest BCUT2D eigenvalue weighted by Gasteiger charge is 2.18. The Balaban J connectivity index is 1.79. The Morgan fingerprint density at radius 2 is 1.97 bits per heavy atom. The van der Waals surface area contributed by atoms with Crippen molar-refractivity contribution in [3.05, 3.63) is 86.7 Å². The van der Waals surface area contributed by atoms with Crippen LogP contribution in [0.5, 0.6) is 0 Å². The number of ketones is 1. The Morgan fingerprint density at radius 1 is 1.20 bits per heavy atom. The Labute approximate surface area is 180 Å². The van der Waals surface area contributed by atoms with Crippen LogP contribution in [0.4, 0.5) is 4.39 Å². The first-order valence-corrected chi connectivity index (χ1v) is 10.5. The monoisotopic (exact) mass is 441 g/mol. The average molecular weight is 442 g/mol. The Morgan fingerprint density at radius 3 is 2.67 bits per heavy atom. The van der Waals surface area contributed by atoms with Crippen molar-refractivity contribution in [2.45, 2.75) is 19.0 Å². The van der Waals surface area contributed by atoms with Gasteiger partial charge < -0.3 is 4.98 Å². The zero-order valence-electron chi connectivity index (χ0n) is 16.2. The average Bonchev–Trinajstić information content (AvgIpc) is 3.06. The lowest BCUT2D eigenvalue weighted by molar-refractivity contribution is 0.102. The molecule has 8 heteroatoms. The van der Waals surface area contributed by atoms with Crippen molar-refractivity contribution in [3.63, 3.8) is 0 Å². The third-order valence-corrected chi connectivity index (χ3v) is 5.92. The number of aromatic amines is 1. The van der Waals surface area contributed by atoms with Gasteiger partial charge in [0.25, 0.3) is 5.56 Å². The van der Waals surface area contributed by atoms with Crippen LogP contribution in [-0.2, 0) is 0 Å². The largest absolute Gasteiger partial charge is 0.362 e. The van der Waals surface area contributed by atoms with E-state index in [0.29, 0.717) is 27.3 Å². The van der Waals surface area contributed by atoms with E-state index in [2.05, 4.69) is 9.97 Å². The smallest absolute Gasteiger partial charge is 0.266 e. The first-order valence-electron chi connectivity index (χ1n) is 9.14. The van der Waals surface area contributed by atoms with Crippen LogP contribution in [0.2, 0.25) is 5.02 Å². The molecule has 5 nitrogen and oxygen atoms in total. The molecule has 0 atom stereocenters. The number of aromatic nitrogens is 3. The number of Topliss-reactive ketones (excluding diaryl/α,β-unsaturated/α-hetero) is 1. The molecule has 0 aliphatic carbocycles. The van der Waals surface area contributed by atoms with Crippen LogP contribution in [0.25, 0.3) is 16.6 Å². The van der Waals surface area contributed by atoms with Gasteiger partial charge in [0.15, 0.2) is 10.9 Å². The number of carbonyl (C=O) groups excluding carboxylic acids is 1. The van der Waals surface area contributed by atoms with E-state index in [9.17, 15) is 14.0 Å². The summed E-state index contributed by atoms with van der Waals surface area (Å²) in [6.45, 7) is 3.73. The molecule has 0 saturated carbocycles. The minimum absolute atomic E-state index is 0.0760. The lowest BCUT2D eigenvalue weighted by atomic mass is 10.2. The number of H-pyrrole nitrogens is 1. The van der Waals surface area contributed by atoms with E-state index in [1.165, 1.54) is 22.8 Å². The number of nitrogens with zero attached hydrogens (tertiary/aromatic N) is 2. The summed E-state index contributed by atoms with van der Waals surface area (Å²) in [6.07, 6.45) is 0. The molecule has 0 spiro atoms. The molecule has 30 heavy (non-hydrogen) atoms. The molecule has 2 heterocycles. The van der Waals surface area contributed by atoms with Gasteiger partial charge in [-0.2, -0.15) is 0 Å². The summed E-state index contributed by atoms with van der Waals surface area (Å²) in [4.78, 5) is 33.6. The topological polar surface area (TPSA) is 67.8 Å². The molecule has 0 unspecified atom stereocenters. The van der Waals surface area contributed by atoms with E-state index < -0.39 is 5.82 Å². The van der Waals surface area contributed by atoms with Gasteiger partial charge in [0.1, 0.15) is 5.82 Å². The molecule has 4 aromatic rings. The lowest BCUT2D eigenvalue weighted by Crippen LogP contribution is -2.22. The van der Waals surface area contributed by atoms with Gasteiger partial charge in [-0.15, -0.1) is 0 Å². The highest BCUT2D eigenvalue weighted by atomic mass is 35.5. The zero-order chi connectivity index (χ0) is 21.4. The molecule has 4 rings (SSSR count). The molecule has 0 bridgehead atoms. The summed E-state index contributed by atoms with van der Waals surface area (Å²) >= 11 is 7.09. The van der Waals surface area contributed by atoms with Gasteiger partial charge in [-0.3, -0.25) is 14.2 Å². The number of nitrogens with one attached hydrogen (secondary N) is 1. The van der Waals surface area contributed by atoms with Crippen LogP contribution in [0.15, 0.2) is 58.5 Å². The molecule has 0 aliphatic rings. The second-order valence-corrected chi connectivity index (χ2v) is 8.20. The van der Waals surface area contributed by atoms with Crippen LogP contribution in [-0.4, -0.2) is 26.1 Å². The molecular weight excluding hydrogens is 425 g/mol. The normalized spacial score (nSPS) is 11.2. The van der Waals surface area contributed by atoms with Crippen molar-refractivity contribution < 1.29 is 9.18 Å². The molecule has 0 amide bonds. The van der Waals surface area contributed by atoms with Gasteiger partial charge in [-0.1, -0.05) is 35.5 Å². The van der Waals surface area contributed by atoms with E-state index >= 15 is 0 Å². The fraction of sp³-hybridized carbons (Fsp3) is 0.136. The summed E-state index contributed by atoms with van der Waals surface area (Å²) in [5, 5.41) is 0.656. The minimum atomic E-state index is -0.579. The number of para-hydroxylation sites is 1. The summed E-state index contributed by atoms with van der Waals surface area (Å²) < 4.78 is 15.0. The van der Waals surface area contributed by atoms with Crippen LogP contribution >= 0.6 is 23.4 Å². The highest BCUT2D eigenvalue weighted by Crippen LogP contribution is 2.25. The van der Waals surface area contributed by atoms with Crippen molar-refractivity contribution >= 4 is 40.0 Å². The lowest BCUT2D eigenvalue weighted by Gasteiger charge is -2.13.